The molecule has 1 aliphatic carbocycles. The van der Waals surface area contributed by atoms with E-state index in [1.165, 1.54) is 44.5 Å². The molecule has 2 N–H and O–H groups in total. The molecule has 0 unspecified atom stereocenters. The summed E-state index contributed by atoms with van der Waals surface area (Å²) in [4.78, 5) is 16.7. The fourth-order valence-corrected chi connectivity index (χ4v) is 5.66. The van der Waals surface area contributed by atoms with E-state index >= 15 is 0 Å². The summed E-state index contributed by atoms with van der Waals surface area (Å²) in [7, 11) is 1.75. The van der Waals surface area contributed by atoms with E-state index < -0.39 is 5.72 Å². The second-order valence-electron chi connectivity index (χ2n) is 9.98. The molecule has 3 aliphatic heterocycles. The number of aromatic nitrogens is 1. The zero-order chi connectivity index (χ0) is 23.4. The number of anilines is 2. The first-order valence-corrected chi connectivity index (χ1v) is 12.6. The van der Waals surface area contributed by atoms with E-state index in [1.807, 2.05) is 12.3 Å². The van der Waals surface area contributed by atoms with E-state index in [-0.39, 0.29) is 5.96 Å². The average Bonchev–Trinajstić information content (AvgIpc) is 3.17. The fraction of sp³-hybridized carbons (Fsp3) is 0.720. The summed E-state index contributed by atoms with van der Waals surface area (Å²) in [6, 6.07) is 5.12. The Morgan fingerprint density at radius 2 is 1.91 bits per heavy atom. The topological polar surface area (TPSA) is 80.1 Å². The maximum absolute atomic E-state index is 8.51. The first-order chi connectivity index (χ1) is 15.9. The van der Waals surface area contributed by atoms with E-state index in [0.717, 1.165) is 38.2 Å². The highest BCUT2D eigenvalue weighted by Gasteiger charge is 2.36. The average molecular weight is 456 g/mol. The maximum atomic E-state index is 8.51. The van der Waals surface area contributed by atoms with Gasteiger partial charge in [0.2, 0.25) is 5.96 Å². The molecule has 2 bridgehead atoms. The number of aliphatic imine (C=N–C) groups is 1. The molecule has 4 aliphatic rings. The minimum absolute atomic E-state index is 0.114. The Morgan fingerprint density at radius 1 is 1.18 bits per heavy atom. The lowest BCUT2D eigenvalue weighted by Crippen LogP contribution is -2.53. The van der Waals surface area contributed by atoms with Crippen molar-refractivity contribution in [3.8, 4) is 0 Å². The van der Waals surface area contributed by atoms with Crippen molar-refractivity contribution in [3.63, 3.8) is 0 Å². The molecule has 0 amide bonds. The van der Waals surface area contributed by atoms with Crippen LogP contribution in [0.25, 0.3) is 0 Å². The molecule has 0 aromatic carbocycles. The number of methoxy groups -OCH3 is 1. The van der Waals surface area contributed by atoms with Crippen LogP contribution in [0, 0.1) is 5.41 Å². The van der Waals surface area contributed by atoms with Gasteiger partial charge in [0.25, 0.3) is 0 Å². The number of nitrogens with zero attached hydrogens (tertiary/aromatic N) is 5. The SMILES string of the molecule is CC/C(=N\C(=N)Nc1ccc(N2CCN3CCC2CC3)cn1)N(C1CCCC1)C(C)(C)OC. The standard InChI is InChI=1S/C25H41N7O/c1-5-23(32(25(2,3)33-4)20-8-6-7-9-20)29-24(26)28-22-11-10-21(18-27-22)31-17-16-30-14-12-19(31)13-15-30/h10-11,18-20H,5-9,12-17H2,1-4H3,(H2,26,27,28)/b29-23+. The predicted molar refractivity (Wildman–Crippen MR) is 135 cm³/mol. The van der Waals surface area contributed by atoms with E-state index in [4.69, 9.17) is 10.1 Å². The highest BCUT2D eigenvalue weighted by molar-refractivity contribution is 6.00. The minimum atomic E-state index is -0.465. The molecule has 1 aromatic rings. The van der Waals surface area contributed by atoms with Crippen molar-refractivity contribution in [2.75, 3.05) is 43.5 Å². The van der Waals surface area contributed by atoms with Gasteiger partial charge in [-0.25, -0.2) is 9.98 Å². The van der Waals surface area contributed by atoms with Gasteiger partial charge in [-0.15, -0.1) is 0 Å². The van der Waals surface area contributed by atoms with Gasteiger partial charge in [-0.2, -0.15) is 0 Å². The lowest BCUT2D eigenvalue weighted by Gasteiger charge is -2.43. The Labute approximate surface area is 198 Å². The van der Waals surface area contributed by atoms with Gasteiger partial charge in [-0.05, 0) is 51.7 Å². The first-order valence-electron chi connectivity index (χ1n) is 12.6. The van der Waals surface area contributed by atoms with Crippen LogP contribution in [0.5, 0.6) is 0 Å². The molecule has 33 heavy (non-hydrogen) atoms. The van der Waals surface area contributed by atoms with Crippen LogP contribution in [0.3, 0.4) is 0 Å². The van der Waals surface area contributed by atoms with Gasteiger partial charge in [0.1, 0.15) is 17.4 Å². The summed E-state index contributed by atoms with van der Waals surface area (Å²) in [6.45, 7) is 10.9. The summed E-state index contributed by atoms with van der Waals surface area (Å²) in [5, 5.41) is 11.6. The van der Waals surface area contributed by atoms with Gasteiger partial charge < -0.3 is 24.8 Å². The molecule has 182 valence electrons. The highest BCUT2D eigenvalue weighted by atomic mass is 16.5. The third-order valence-electron chi connectivity index (χ3n) is 7.59. The summed E-state index contributed by atoms with van der Waals surface area (Å²) in [5.41, 5.74) is 0.709. The Hall–Kier alpha value is -2.19. The van der Waals surface area contributed by atoms with Crippen molar-refractivity contribution in [1.82, 2.24) is 14.8 Å². The number of fused-ring (bicyclic) bond motifs is 4. The zero-order valence-corrected chi connectivity index (χ0v) is 20.8. The molecule has 0 atom stereocenters. The molecule has 0 spiro atoms. The number of ether oxygens (including phenoxy) is 1. The third-order valence-corrected chi connectivity index (χ3v) is 7.59. The summed E-state index contributed by atoms with van der Waals surface area (Å²) < 4.78 is 5.83. The van der Waals surface area contributed by atoms with E-state index in [9.17, 15) is 0 Å². The zero-order valence-electron chi connectivity index (χ0n) is 20.8. The van der Waals surface area contributed by atoms with Crippen LogP contribution in [0.2, 0.25) is 0 Å². The Bertz CT molecular complexity index is 824. The summed E-state index contributed by atoms with van der Waals surface area (Å²) in [5.74, 6) is 1.66. The Kier molecular flexibility index (Phi) is 7.54. The molecule has 4 heterocycles. The van der Waals surface area contributed by atoms with Gasteiger partial charge in [0.05, 0.1) is 11.9 Å². The monoisotopic (exact) mass is 455 g/mol. The molecule has 8 nitrogen and oxygen atoms in total. The number of amidine groups is 1. The molecular formula is C25H41N7O. The van der Waals surface area contributed by atoms with Gasteiger partial charge >= 0.3 is 0 Å². The quantitative estimate of drug-likeness (QED) is 0.381. The molecule has 8 heteroatoms. The number of piperidine rings is 1. The van der Waals surface area contributed by atoms with Crippen molar-refractivity contribution in [2.45, 2.75) is 83.5 Å². The number of guanidine groups is 1. The van der Waals surface area contributed by atoms with Gasteiger partial charge in [-0.1, -0.05) is 19.8 Å². The highest BCUT2D eigenvalue weighted by Crippen LogP contribution is 2.31. The molecule has 4 fully saturated rings. The van der Waals surface area contributed by atoms with Crippen LogP contribution in [0.1, 0.15) is 65.7 Å². The number of nitrogens with one attached hydrogen (secondary N) is 2. The molecule has 5 rings (SSSR count). The maximum Gasteiger partial charge on any atom is 0.222 e. The molecule has 0 radical (unpaired) electrons. The van der Waals surface area contributed by atoms with Crippen molar-refractivity contribution < 1.29 is 4.74 Å². The van der Waals surface area contributed by atoms with E-state index in [2.05, 4.69) is 56.8 Å². The molecule has 1 aromatic heterocycles. The number of hydrogen-bond donors (Lipinski definition) is 2. The van der Waals surface area contributed by atoms with Crippen molar-refractivity contribution in [1.29, 1.82) is 5.41 Å². The van der Waals surface area contributed by atoms with E-state index in [1.54, 1.807) is 7.11 Å². The smallest absolute Gasteiger partial charge is 0.222 e. The van der Waals surface area contributed by atoms with Crippen LogP contribution in [-0.4, -0.2) is 77.7 Å². The first kappa shape index (κ1) is 24.0. The number of rotatable bonds is 6. The fourth-order valence-electron chi connectivity index (χ4n) is 5.66. The second-order valence-corrected chi connectivity index (χ2v) is 9.98. The van der Waals surface area contributed by atoms with Crippen molar-refractivity contribution in [2.24, 2.45) is 4.99 Å². The van der Waals surface area contributed by atoms with E-state index in [0.29, 0.717) is 17.9 Å². The van der Waals surface area contributed by atoms with Gasteiger partial charge in [-0.3, -0.25) is 5.41 Å². The summed E-state index contributed by atoms with van der Waals surface area (Å²) in [6.07, 6.45) is 9.90. The molecule has 3 saturated heterocycles. The number of hydrogen-bond acceptors (Lipinski definition) is 5. The molecule has 1 saturated carbocycles. The van der Waals surface area contributed by atoms with Crippen LogP contribution in [0.15, 0.2) is 23.3 Å². The lowest BCUT2D eigenvalue weighted by molar-refractivity contribution is -0.0896. The molecular weight excluding hydrogens is 414 g/mol. The van der Waals surface area contributed by atoms with Gasteiger partial charge in [0.15, 0.2) is 0 Å². The Morgan fingerprint density at radius 3 is 2.52 bits per heavy atom. The largest absolute Gasteiger partial charge is 0.366 e. The number of pyridine rings is 1. The van der Waals surface area contributed by atoms with Crippen LogP contribution >= 0.6 is 0 Å². The van der Waals surface area contributed by atoms with Crippen LogP contribution in [0.4, 0.5) is 11.5 Å². The van der Waals surface area contributed by atoms with Crippen LogP contribution in [-0.2, 0) is 4.74 Å². The van der Waals surface area contributed by atoms with Gasteiger partial charge in [0, 0.05) is 51.8 Å². The normalized spacial score (nSPS) is 24.1. The van der Waals surface area contributed by atoms with Crippen molar-refractivity contribution >= 4 is 23.3 Å². The minimum Gasteiger partial charge on any atom is -0.366 e. The van der Waals surface area contributed by atoms with Crippen LogP contribution < -0.4 is 10.2 Å². The second kappa shape index (κ2) is 10.4. The summed E-state index contributed by atoms with van der Waals surface area (Å²) >= 11 is 0. The third kappa shape index (κ3) is 5.49. The lowest BCUT2D eigenvalue weighted by atomic mass is 10.0. The Balaban J connectivity index is 1.45. The predicted octanol–water partition coefficient (Wildman–Crippen LogP) is 4.15. The van der Waals surface area contributed by atoms with Crippen molar-refractivity contribution in [3.05, 3.63) is 18.3 Å².